The van der Waals surface area contributed by atoms with Crippen LogP contribution in [-0.4, -0.2) is 56.2 Å². The van der Waals surface area contributed by atoms with E-state index in [1.54, 1.807) is 41.6 Å². The number of hydrogen-bond acceptors (Lipinski definition) is 9. The standard InChI is InChI=1S/C20H23N9O3/c1-4-29-17-13(11-26-29)16(27-19-23-6-5-7-24-19)12(10-25-17)14-8-20(32-28-14,18(31)22-3)9-15(30)21-2/h5-8,10-11,28H,4,9H2,1-3H3,(H,21,30)(H,22,31)(H,23,24,25,27). The van der Waals surface area contributed by atoms with E-state index in [2.05, 4.69) is 41.5 Å². The maximum absolute atomic E-state index is 12.6. The van der Waals surface area contributed by atoms with Gasteiger partial charge in [0.05, 0.1) is 29.4 Å². The molecule has 1 aliphatic heterocycles. The van der Waals surface area contributed by atoms with Crippen LogP contribution in [0.25, 0.3) is 16.7 Å². The number of hydrogen-bond donors (Lipinski definition) is 4. The van der Waals surface area contributed by atoms with Gasteiger partial charge in [-0.15, -0.1) is 0 Å². The molecule has 0 fully saturated rings. The van der Waals surface area contributed by atoms with Crippen LogP contribution in [0.2, 0.25) is 0 Å². The number of rotatable bonds is 7. The van der Waals surface area contributed by atoms with Crippen molar-refractivity contribution in [1.29, 1.82) is 0 Å². The molecule has 12 heteroatoms. The minimum atomic E-state index is -1.52. The van der Waals surface area contributed by atoms with Crippen molar-refractivity contribution >= 4 is 40.2 Å². The molecule has 4 heterocycles. The van der Waals surface area contributed by atoms with Gasteiger partial charge in [-0.05, 0) is 19.1 Å². The number of hydroxylamine groups is 1. The first-order valence-electron chi connectivity index (χ1n) is 10.00. The summed E-state index contributed by atoms with van der Waals surface area (Å²) in [4.78, 5) is 43.4. The third-order valence-electron chi connectivity index (χ3n) is 5.09. The number of amides is 2. The van der Waals surface area contributed by atoms with Crippen LogP contribution < -0.4 is 21.4 Å². The lowest BCUT2D eigenvalue weighted by atomic mass is 9.95. The Hall–Kier alpha value is -4.06. The second kappa shape index (κ2) is 8.59. The van der Waals surface area contributed by atoms with Crippen LogP contribution >= 0.6 is 0 Å². The Labute approximate surface area is 183 Å². The molecule has 1 atom stereocenters. The molecule has 4 N–H and O–H groups in total. The predicted molar refractivity (Wildman–Crippen MR) is 116 cm³/mol. The topological polar surface area (TPSA) is 148 Å². The number of fused-ring (bicyclic) bond motifs is 1. The van der Waals surface area contributed by atoms with Gasteiger partial charge >= 0.3 is 0 Å². The molecule has 0 radical (unpaired) electrons. The molecule has 166 valence electrons. The fourth-order valence-corrected chi connectivity index (χ4v) is 3.46. The molecule has 12 nitrogen and oxygen atoms in total. The largest absolute Gasteiger partial charge is 0.359 e. The molecule has 0 saturated carbocycles. The van der Waals surface area contributed by atoms with Crippen LogP contribution in [-0.2, 0) is 21.0 Å². The molecule has 1 aliphatic rings. The Morgan fingerprint density at radius 2 is 1.94 bits per heavy atom. The Bertz CT molecular complexity index is 1190. The van der Waals surface area contributed by atoms with Gasteiger partial charge < -0.3 is 16.0 Å². The number of nitrogens with one attached hydrogen (secondary N) is 4. The molecule has 1 unspecified atom stereocenters. The van der Waals surface area contributed by atoms with Crippen LogP contribution in [0, 0.1) is 0 Å². The van der Waals surface area contributed by atoms with E-state index >= 15 is 0 Å². The summed E-state index contributed by atoms with van der Waals surface area (Å²) in [5.41, 5.74) is 3.65. The van der Waals surface area contributed by atoms with Crippen molar-refractivity contribution in [1.82, 2.24) is 40.8 Å². The third kappa shape index (κ3) is 3.71. The first-order chi connectivity index (χ1) is 15.5. The number of carbonyl (C=O) groups is 2. The Kier molecular flexibility index (Phi) is 5.69. The third-order valence-corrected chi connectivity index (χ3v) is 5.09. The zero-order valence-corrected chi connectivity index (χ0v) is 17.8. The number of aryl methyl sites for hydroxylation is 1. The van der Waals surface area contributed by atoms with Gasteiger partial charge in [0, 0.05) is 44.8 Å². The molecule has 4 rings (SSSR count). The average Bonchev–Trinajstić information content (AvgIpc) is 3.44. The molecule has 0 saturated heterocycles. The van der Waals surface area contributed by atoms with Gasteiger partial charge in [0.25, 0.3) is 5.91 Å². The number of anilines is 2. The molecule has 0 aliphatic carbocycles. The minimum absolute atomic E-state index is 0.201. The molecule has 0 spiro atoms. The van der Waals surface area contributed by atoms with Crippen molar-refractivity contribution < 1.29 is 14.4 Å². The van der Waals surface area contributed by atoms with Crippen LogP contribution in [0.1, 0.15) is 18.9 Å². The first-order valence-corrected chi connectivity index (χ1v) is 10.00. The van der Waals surface area contributed by atoms with E-state index in [1.807, 2.05) is 6.92 Å². The zero-order valence-electron chi connectivity index (χ0n) is 17.8. The van der Waals surface area contributed by atoms with E-state index in [4.69, 9.17) is 4.84 Å². The van der Waals surface area contributed by atoms with Gasteiger partial charge in [-0.2, -0.15) is 5.10 Å². The minimum Gasteiger partial charge on any atom is -0.359 e. The highest BCUT2D eigenvalue weighted by atomic mass is 16.7. The van der Waals surface area contributed by atoms with E-state index in [0.717, 1.165) is 5.39 Å². The van der Waals surface area contributed by atoms with Gasteiger partial charge in [0.2, 0.25) is 17.5 Å². The summed E-state index contributed by atoms with van der Waals surface area (Å²) < 4.78 is 1.77. The van der Waals surface area contributed by atoms with Gasteiger partial charge in [-0.3, -0.25) is 19.9 Å². The molecule has 0 bridgehead atoms. The number of likely N-dealkylation sites (N-methyl/N-ethyl adjacent to an activating group) is 1. The van der Waals surface area contributed by atoms with Gasteiger partial charge in [0.1, 0.15) is 0 Å². The summed E-state index contributed by atoms with van der Waals surface area (Å²) in [6.07, 6.45) is 7.97. The molecule has 3 aromatic rings. The van der Waals surface area contributed by atoms with E-state index in [9.17, 15) is 9.59 Å². The highest BCUT2D eigenvalue weighted by Crippen LogP contribution is 2.36. The second-order valence-corrected chi connectivity index (χ2v) is 7.02. The maximum Gasteiger partial charge on any atom is 0.259 e. The Morgan fingerprint density at radius 3 is 2.62 bits per heavy atom. The van der Waals surface area contributed by atoms with Crippen LogP contribution in [0.3, 0.4) is 0 Å². The highest BCUT2D eigenvalue weighted by Gasteiger charge is 2.44. The fraction of sp³-hybridized carbons (Fsp3) is 0.300. The number of nitrogens with zero attached hydrogens (tertiary/aromatic N) is 5. The smallest absolute Gasteiger partial charge is 0.259 e. The van der Waals surface area contributed by atoms with Crippen molar-refractivity contribution in [3.8, 4) is 0 Å². The van der Waals surface area contributed by atoms with Gasteiger partial charge in [0.15, 0.2) is 5.65 Å². The lowest BCUT2D eigenvalue weighted by Gasteiger charge is -2.22. The summed E-state index contributed by atoms with van der Waals surface area (Å²) in [7, 11) is 2.98. The number of pyridine rings is 1. The Morgan fingerprint density at radius 1 is 1.16 bits per heavy atom. The van der Waals surface area contributed by atoms with Crippen LogP contribution in [0.4, 0.5) is 11.6 Å². The van der Waals surface area contributed by atoms with E-state index < -0.39 is 11.5 Å². The number of carbonyl (C=O) groups excluding carboxylic acids is 2. The van der Waals surface area contributed by atoms with E-state index in [1.165, 1.54) is 14.1 Å². The molecular formula is C20H23N9O3. The van der Waals surface area contributed by atoms with Crippen molar-refractivity contribution in [3.05, 3.63) is 42.5 Å². The Balaban J connectivity index is 1.84. The van der Waals surface area contributed by atoms with E-state index in [0.29, 0.717) is 35.1 Å². The lowest BCUT2D eigenvalue weighted by molar-refractivity contribution is -0.148. The quantitative estimate of drug-likeness (QED) is 0.414. The van der Waals surface area contributed by atoms with Crippen molar-refractivity contribution in [3.63, 3.8) is 0 Å². The maximum atomic E-state index is 12.6. The zero-order chi connectivity index (χ0) is 22.7. The summed E-state index contributed by atoms with van der Waals surface area (Å²) in [6.45, 7) is 2.62. The summed E-state index contributed by atoms with van der Waals surface area (Å²) in [5.74, 6) is -0.424. The van der Waals surface area contributed by atoms with Gasteiger partial charge in [-0.25, -0.2) is 19.6 Å². The monoisotopic (exact) mass is 437 g/mol. The van der Waals surface area contributed by atoms with Crippen LogP contribution in [0.15, 0.2) is 36.9 Å². The SMILES string of the molecule is CCn1ncc2c(Nc3ncccn3)c(C3=CC(CC(=O)NC)(C(=O)NC)ON3)cnc21. The highest BCUT2D eigenvalue weighted by molar-refractivity contribution is 6.00. The summed E-state index contributed by atoms with van der Waals surface area (Å²) in [6, 6.07) is 1.72. The molecule has 3 aromatic heterocycles. The van der Waals surface area contributed by atoms with E-state index in [-0.39, 0.29) is 12.3 Å². The molecular weight excluding hydrogens is 414 g/mol. The molecule has 0 aromatic carbocycles. The van der Waals surface area contributed by atoms with Crippen molar-refractivity contribution in [2.75, 3.05) is 19.4 Å². The predicted octanol–water partition coefficient (Wildman–Crippen LogP) is 0.481. The molecule has 32 heavy (non-hydrogen) atoms. The van der Waals surface area contributed by atoms with Crippen molar-refractivity contribution in [2.24, 2.45) is 0 Å². The second-order valence-electron chi connectivity index (χ2n) is 7.02. The van der Waals surface area contributed by atoms with Crippen molar-refractivity contribution in [2.45, 2.75) is 25.5 Å². The average molecular weight is 437 g/mol. The van der Waals surface area contributed by atoms with Gasteiger partial charge in [-0.1, -0.05) is 0 Å². The summed E-state index contributed by atoms with van der Waals surface area (Å²) in [5, 5.41) is 13.4. The molecule has 2 amide bonds. The first kappa shape index (κ1) is 21.2. The van der Waals surface area contributed by atoms with Crippen LogP contribution in [0.5, 0.6) is 0 Å². The lowest BCUT2D eigenvalue weighted by Crippen LogP contribution is -2.48. The fourth-order valence-electron chi connectivity index (χ4n) is 3.46. The normalized spacial score (nSPS) is 17.5. The summed E-state index contributed by atoms with van der Waals surface area (Å²) >= 11 is 0. The number of aromatic nitrogens is 5.